The second-order valence-corrected chi connectivity index (χ2v) is 7.94. The fourth-order valence-corrected chi connectivity index (χ4v) is 4.54. The second kappa shape index (κ2) is 7.09. The molecule has 1 aliphatic rings. The van der Waals surface area contributed by atoms with Crippen LogP contribution in [0.2, 0.25) is 0 Å². The molecule has 2 aromatic carbocycles. The molecule has 6 heteroatoms. The summed E-state index contributed by atoms with van der Waals surface area (Å²) < 4.78 is 39.3. The third kappa shape index (κ3) is 3.44. The Morgan fingerprint density at radius 3 is 2.57 bits per heavy atom. The highest BCUT2D eigenvalue weighted by Gasteiger charge is 2.35. The first-order valence-electron chi connectivity index (χ1n) is 8.95. The molecule has 28 heavy (non-hydrogen) atoms. The molecule has 144 valence electrons. The van der Waals surface area contributed by atoms with Gasteiger partial charge in [0.2, 0.25) is 0 Å². The summed E-state index contributed by atoms with van der Waals surface area (Å²) in [6.07, 6.45) is -3.77. The molecule has 0 saturated carbocycles. The number of aryl methyl sites for hydroxylation is 1. The molecule has 0 saturated heterocycles. The van der Waals surface area contributed by atoms with E-state index in [0.29, 0.717) is 13.0 Å². The zero-order valence-corrected chi connectivity index (χ0v) is 16.0. The lowest BCUT2D eigenvalue weighted by Gasteiger charge is -2.36. The predicted octanol–water partition coefficient (Wildman–Crippen LogP) is 5.86. The van der Waals surface area contributed by atoms with Crippen molar-refractivity contribution in [2.24, 2.45) is 0 Å². The number of benzene rings is 2. The minimum atomic E-state index is -4.48. The molecular weight excluding hydrogens is 383 g/mol. The van der Waals surface area contributed by atoms with Gasteiger partial charge in [0.15, 0.2) is 0 Å². The van der Waals surface area contributed by atoms with Crippen LogP contribution in [0.5, 0.6) is 0 Å². The number of halogens is 3. The van der Waals surface area contributed by atoms with Crippen LogP contribution in [0, 0.1) is 6.92 Å². The van der Waals surface area contributed by atoms with Gasteiger partial charge < -0.3 is 4.90 Å². The van der Waals surface area contributed by atoms with E-state index in [9.17, 15) is 18.0 Å². The third-order valence-corrected chi connectivity index (χ3v) is 6.05. The summed E-state index contributed by atoms with van der Waals surface area (Å²) in [5.74, 6) is -0.381. The summed E-state index contributed by atoms with van der Waals surface area (Å²) in [4.78, 5) is 16.1. The smallest absolute Gasteiger partial charge is 0.327 e. The van der Waals surface area contributed by atoms with Gasteiger partial charge in [-0.05, 0) is 54.1 Å². The Hall–Kier alpha value is -2.60. The second-order valence-electron chi connectivity index (χ2n) is 6.94. The lowest BCUT2D eigenvalue weighted by Crippen LogP contribution is -2.40. The number of alkyl halides is 3. The number of amides is 1. The molecule has 1 atom stereocenters. The maximum atomic E-state index is 13.2. The molecular formula is C22H18F3NOS. The lowest BCUT2D eigenvalue weighted by molar-refractivity contribution is -0.137. The van der Waals surface area contributed by atoms with Crippen LogP contribution in [0.3, 0.4) is 0 Å². The van der Waals surface area contributed by atoms with E-state index in [-0.39, 0.29) is 17.5 Å². The number of carbonyl (C=O) groups excluding carboxylic acids is 1. The van der Waals surface area contributed by atoms with Crippen molar-refractivity contribution in [3.8, 4) is 0 Å². The lowest BCUT2D eigenvalue weighted by atomic mass is 9.92. The summed E-state index contributed by atoms with van der Waals surface area (Å²) >= 11 is 1.66. The first-order valence-corrected chi connectivity index (χ1v) is 9.83. The summed E-state index contributed by atoms with van der Waals surface area (Å²) in [5, 5.41) is 2.00. The van der Waals surface area contributed by atoms with Gasteiger partial charge in [0.25, 0.3) is 5.91 Å². The van der Waals surface area contributed by atoms with Crippen LogP contribution in [-0.2, 0) is 12.6 Å². The van der Waals surface area contributed by atoms with Gasteiger partial charge in [-0.2, -0.15) is 13.2 Å². The number of rotatable bonds is 2. The van der Waals surface area contributed by atoms with Gasteiger partial charge in [-0.15, -0.1) is 11.3 Å². The van der Waals surface area contributed by atoms with Gasteiger partial charge in [0.1, 0.15) is 0 Å². The molecule has 0 radical (unpaired) electrons. The van der Waals surface area contributed by atoms with Gasteiger partial charge in [0.05, 0.1) is 11.6 Å². The van der Waals surface area contributed by atoms with E-state index in [1.165, 1.54) is 17.0 Å². The van der Waals surface area contributed by atoms with Crippen LogP contribution in [0.15, 0.2) is 60.0 Å². The monoisotopic (exact) mass is 401 g/mol. The molecule has 0 N–H and O–H groups in total. The Morgan fingerprint density at radius 2 is 1.86 bits per heavy atom. The SMILES string of the molecule is Cc1ccc(C2c3ccsc3CCN2C(=O)c2cccc(C(F)(F)F)c2)cc1. The quantitative estimate of drug-likeness (QED) is 0.526. The molecule has 3 aromatic rings. The molecule has 1 aromatic heterocycles. The van der Waals surface area contributed by atoms with Crippen LogP contribution in [0.1, 0.15) is 43.5 Å². The molecule has 1 amide bonds. The largest absolute Gasteiger partial charge is 0.416 e. The Kier molecular flexibility index (Phi) is 4.75. The zero-order valence-electron chi connectivity index (χ0n) is 15.2. The van der Waals surface area contributed by atoms with Crippen molar-refractivity contribution in [2.75, 3.05) is 6.54 Å². The maximum absolute atomic E-state index is 13.2. The van der Waals surface area contributed by atoms with Gasteiger partial charge in [-0.1, -0.05) is 35.9 Å². The molecule has 0 bridgehead atoms. The minimum absolute atomic E-state index is 0.0608. The summed E-state index contributed by atoms with van der Waals surface area (Å²) in [6.45, 7) is 2.47. The van der Waals surface area contributed by atoms with Crippen molar-refractivity contribution in [2.45, 2.75) is 25.6 Å². The first-order chi connectivity index (χ1) is 13.3. The average Bonchev–Trinajstić information content (AvgIpc) is 3.16. The first kappa shape index (κ1) is 18.7. The van der Waals surface area contributed by atoms with Crippen LogP contribution < -0.4 is 0 Å². The highest BCUT2D eigenvalue weighted by Crippen LogP contribution is 2.39. The van der Waals surface area contributed by atoms with Crippen LogP contribution >= 0.6 is 11.3 Å². The summed E-state index contributed by atoms with van der Waals surface area (Å²) in [7, 11) is 0. The van der Waals surface area contributed by atoms with Crippen LogP contribution in [-0.4, -0.2) is 17.4 Å². The molecule has 0 aliphatic carbocycles. The average molecular weight is 401 g/mol. The molecule has 0 spiro atoms. The van der Waals surface area contributed by atoms with Crippen molar-refractivity contribution >= 4 is 17.2 Å². The van der Waals surface area contributed by atoms with Crippen molar-refractivity contribution in [1.29, 1.82) is 0 Å². The summed E-state index contributed by atoms with van der Waals surface area (Å²) in [5.41, 5.74) is 2.38. The van der Waals surface area contributed by atoms with E-state index in [4.69, 9.17) is 0 Å². The zero-order chi connectivity index (χ0) is 19.9. The fraction of sp³-hybridized carbons (Fsp3) is 0.227. The van der Waals surface area contributed by atoms with Crippen LogP contribution in [0.4, 0.5) is 13.2 Å². The standard InChI is InChI=1S/C22H18F3NOS/c1-14-5-7-15(8-6-14)20-18-10-12-28-19(18)9-11-26(20)21(27)16-3-2-4-17(13-16)22(23,24)25/h2-8,10,12-13,20H,9,11H2,1H3. The van der Waals surface area contributed by atoms with E-state index in [0.717, 1.165) is 28.8 Å². The van der Waals surface area contributed by atoms with E-state index in [1.807, 2.05) is 42.6 Å². The molecule has 4 rings (SSSR count). The summed E-state index contributed by atoms with van der Waals surface area (Å²) in [6, 6.07) is 14.3. The maximum Gasteiger partial charge on any atom is 0.416 e. The Labute approximate surface area is 165 Å². The number of hydrogen-bond donors (Lipinski definition) is 0. The van der Waals surface area contributed by atoms with E-state index < -0.39 is 11.7 Å². The predicted molar refractivity (Wildman–Crippen MR) is 104 cm³/mol. The van der Waals surface area contributed by atoms with Crippen molar-refractivity contribution in [3.63, 3.8) is 0 Å². The van der Waals surface area contributed by atoms with Crippen molar-refractivity contribution in [3.05, 3.63) is 92.7 Å². The highest BCUT2D eigenvalue weighted by atomic mass is 32.1. The molecule has 1 aliphatic heterocycles. The number of thiophene rings is 1. The van der Waals surface area contributed by atoms with E-state index in [1.54, 1.807) is 16.2 Å². The minimum Gasteiger partial charge on any atom is -0.327 e. The molecule has 2 heterocycles. The van der Waals surface area contributed by atoms with Crippen molar-refractivity contribution in [1.82, 2.24) is 4.90 Å². The number of hydrogen-bond acceptors (Lipinski definition) is 2. The van der Waals surface area contributed by atoms with Crippen molar-refractivity contribution < 1.29 is 18.0 Å². The number of nitrogens with zero attached hydrogens (tertiary/aromatic N) is 1. The topological polar surface area (TPSA) is 20.3 Å². The highest BCUT2D eigenvalue weighted by molar-refractivity contribution is 7.10. The molecule has 0 fully saturated rings. The fourth-order valence-electron chi connectivity index (χ4n) is 3.64. The van der Waals surface area contributed by atoms with Crippen LogP contribution in [0.25, 0.3) is 0 Å². The Balaban J connectivity index is 1.75. The van der Waals surface area contributed by atoms with E-state index >= 15 is 0 Å². The Bertz CT molecular complexity index is 1010. The van der Waals surface area contributed by atoms with Gasteiger partial charge in [-0.25, -0.2) is 0 Å². The third-order valence-electron chi connectivity index (χ3n) is 5.06. The van der Waals surface area contributed by atoms with Gasteiger partial charge in [0, 0.05) is 17.0 Å². The Morgan fingerprint density at radius 1 is 1.11 bits per heavy atom. The van der Waals surface area contributed by atoms with Gasteiger partial charge in [-0.3, -0.25) is 4.79 Å². The number of fused-ring (bicyclic) bond motifs is 1. The molecule has 1 unspecified atom stereocenters. The van der Waals surface area contributed by atoms with E-state index in [2.05, 4.69) is 0 Å². The normalized spacial score (nSPS) is 16.7. The van der Waals surface area contributed by atoms with Gasteiger partial charge >= 0.3 is 6.18 Å². The molecule has 2 nitrogen and oxygen atoms in total. The number of carbonyl (C=O) groups is 1.